The van der Waals surface area contributed by atoms with E-state index in [1.165, 1.54) is 6.92 Å². The van der Waals surface area contributed by atoms with E-state index in [0.29, 0.717) is 0 Å². The van der Waals surface area contributed by atoms with E-state index in [1.54, 1.807) is 5.32 Å². The first-order valence-corrected chi connectivity index (χ1v) is 15.1. The van der Waals surface area contributed by atoms with E-state index in [0.717, 1.165) is 7.11 Å². The van der Waals surface area contributed by atoms with Crippen molar-refractivity contribution < 1.29 is 123 Å². The largest absolute Gasteiger partial charge is 0.462 e. The van der Waals surface area contributed by atoms with Crippen molar-refractivity contribution in [3.63, 3.8) is 0 Å². The second-order valence-electron chi connectivity index (χ2n) is 11.7. The average molecular weight is 856 g/mol. The molecule has 0 aliphatic carbocycles. The predicted octanol–water partition coefficient (Wildman–Crippen LogP) is 5.43. The van der Waals surface area contributed by atoms with Gasteiger partial charge in [-0.25, -0.2) is 9.18 Å². The van der Waals surface area contributed by atoms with Gasteiger partial charge in [0.25, 0.3) is 0 Å². The summed E-state index contributed by atoms with van der Waals surface area (Å²) in [6.45, 7) is -7.28. The Morgan fingerprint density at radius 3 is 1.65 bits per heavy atom. The Balaban J connectivity index is 6.40. The molecule has 1 amide bonds. The molecule has 6 atom stereocenters. The normalized spacial score (nSPS) is 18.1. The molecular weight excluding hydrogens is 818 g/mol. The van der Waals surface area contributed by atoms with Crippen molar-refractivity contribution in [2.45, 2.75) is 100.0 Å². The molecule has 6 unspecified atom stereocenters. The summed E-state index contributed by atoms with van der Waals surface area (Å²) in [6.07, 6.45) is -33.1. The van der Waals surface area contributed by atoms with Crippen molar-refractivity contribution in [1.82, 2.24) is 5.32 Å². The molecule has 0 aliphatic heterocycles. The van der Waals surface area contributed by atoms with Gasteiger partial charge in [-0.2, -0.15) is 65.9 Å². The standard InChI is InChI=1S/C27H37F16NO11/c1-5-15(45)9-51-11-17(44-19(48)53-13-22(31,24(34,35)36)55-27(42,43)23(32,33)25(37,38)39)14(7-50-10-16(46)8-49-4)6-18(47)52-12-20(2,28)54-26(40,41)21(3,29)30/h14-17,45-46H,5-13H2,1-4H3,(H,44,48). The smallest absolute Gasteiger partial charge is 0.460 e. The number of alkyl carbamates (subject to hydrolysis) is 1. The van der Waals surface area contributed by atoms with Gasteiger partial charge >= 0.3 is 54.3 Å². The average Bonchev–Trinajstić information content (AvgIpc) is 2.99. The van der Waals surface area contributed by atoms with Gasteiger partial charge in [-0.1, -0.05) is 6.92 Å². The van der Waals surface area contributed by atoms with E-state index in [2.05, 4.69) is 23.7 Å². The van der Waals surface area contributed by atoms with E-state index in [4.69, 9.17) is 9.47 Å². The van der Waals surface area contributed by atoms with Gasteiger partial charge in [-0.3, -0.25) is 14.3 Å². The second-order valence-corrected chi connectivity index (χ2v) is 11.7. The number of alkyl halides is 16. The highest BCUT2D eigenvalue weighted by atomic mass is 19.4. The molecule has 0 saturated carbocycles. The van der Waals surface area contributed by atoms with Crippen LogP contribution < -0.4 is 5.32 Å². The van der Waals surface area contributed by atoms with Crippen LogP contribution in [0.3, 0.4) is 0 Å². The number of nitrogens with one attached hydrogen (secondary N) is 1. The fraction of sp³-hybridized carbons (Fsp3) is 0.926. The number of halogens is 16. The minimum atomic E-state index is -7.43. The lowest BCUT2D eigenvalue weighted by Gasteiger charge is -2.34. The number of ether oxygens (including phenoxy) is 7. The molecular formula is C27H37F16NO11. The Morgan fingerprint density at radius 2 is 1.18 bits per heavy atom. The van der Waals surface area contributed by atoms with Crippen LogP contribution in [-0.2, 0) is 38.0 Å². The third-order valence-corrected chi connectivity index (χ3v) is 6.55. The lowest BCUT2D eigenvalue weighted by molar-refractivity contribution is -0.485. The number of hydrogen-bond acceptors (Lipinski definition) is 11. The topological polar surface area (TPSA) is 151 Å². The Labute approximate surface area is 300 Å². The molecule has 0 aromatic carbocycles. The van der Waals surface area contributed by atoms with Gasteiger partial charge in [0.15, 0.2) is 6.61 Å². The Hall–Kier alpha value is -2.66. The summed E-state index contributed by atoms with van der Waals surface area (Å²) in [4.78, 5) is 25.1. The third-order valence-electron chi connectivity index (χ3n) is 6.55. The SMILES string of the molecule is CCC(O)COCC(NC(=O)OCC(F)(OC(F)(F)C(F)(F)C(F)(F)F)C(F)(F)F)C(COCC(O)COC)CC(=O)OCC(C)(F)OC(F)(F)C(C)(F)F. The summed E-state index contributed by atoms with van der Waals surface area (Å²) in [7, 11) is 1.13. The van der Waals surface area contributed by atoms with E-state index < -0.39 is 130 Å². The molecule has 0 rings (SSSR count). The molecule has 0 radical (unpaired) electrons. The minimum absolute atomic E-state index is 0.0114. The van der Waals surface area contributed by atoms with Crippen molar-refractivity contribution in [2.24, 2.45) is 5.92 Å². The highest BCUT2D eigenvalue weighted by Crippen LogP contribution is 2.51. The van der Waals surface area contributed by atoms with Crippen LogP contribution in [0.15, 0.2) is 0 Å². The fourth-order valence-corrected chi connectivity index (χ4v) is 3.48. The molecule has 12 nitrogen and oxygen atoms in total. The summed E-state index contributed by atoms with van der Waals surface area (Å²) in [5.74, 6) is -25.8. The van der Waals surface area contributed by atoms with Gasteiger partial charge in [0.1, 0.15) is 12.7 Å². The molecule has 28 heteroatoms. The zero-order chi connectivity index (χ0) is 43.5. The lowest BCUT2D eigenvalue weighted by atomic mass is 9.97. The van der Waals surface area contributed by atoms with Gasteiger partial charge in [0, 0.05) is 20.0 Å². The number of carbonyl (C=O) groups is 2. The van der Waals surface area contributed by atoms with Crippen LogP contribution in [-0.4, -0.2) is 142 Å². The van der Waals surface area contributed by atoms with Gasteiger partial charge in [0.2, 0.25) is 5.85 Å². The molecule has 0 aromatic rings. The van der Waals surface area contributed by atoms with Crippen molar-refractivity contribution >= 4 is 12.1 Å². The maximum absolute atomic E-state index is 14.6. The monoisotopic (exact) mass is 855 g/mol. The first-order valence-electron chi connectivity index (χ1n) is 15.1. The molecule has 0 bridgehead atoms. The van der Waals surface area contributed by atoms with Crippen LogP contribution >= 0.6 is 0 Å². The second kappa shape index (κ2) is 20.2. The highest BCUT2D eigenvalue weighted by Gasteiger charge is 2.78. The number of carbonyl (C=O) groups excluding carboxylic acids is 2. The summed E-state index contributed by atoms with van der Waals surface area (Å²) < 4.78 is 242. The van der Waals surface area contributed by atoms with Crippen molar-refractivity contribution in [3.05, 3.63) is 0 Å². The molecule has 0 saturated heterocycles. The van der Waals surface area contributed by atoms with Crippen LogP contribution in [0.1, 0.15) is 33.6 Å². The molecule has 0 aliphatic rings. The first kappa shape index (κ1) is 52.3. The summed E-state index contributed by atoms with van der Waals surface area (Å²) in [5, 5.41) is 21.2. The highest BCUT2D eigenvalue weighted by molar-refractivity contribution is 5.70. The van der Waals surface area contributed by atoms with E-state index in [9.17, 15) is 90.0 Å². The van der Waals surface area contributed by atoms with Crippen molar-refractivity contribution in [2.75, 3.05) is 53.4 Å². The lowest BCUT2D eigenvalue weighted by Crippen LogP contribution is -2.60. The first-order chi connectivity index (χ1) is 24.6. The van der Waals surface area contributed by atoms with Gasteiger partial charge in [-0.15, -0.1) is 0 Å². The van der Waals surface area contributed by atoms with E-state index in [1.807, 2.05) is 0 Å². The molecule has 3 N–H and O–H groups in total. The molecule has 55 heavy (non-hydrogen) atoms. The molecule has 0 aromatic heterocycles. The van der Waals surface area contributed by atoms with Crippen molar-refractivity contribution in [1.29, 1.82) is 0 Å². The van der Waals surface area contributed by atoms with Crippen LogP contribution in [0, 0.1) is 5.92 Å². The van der Waals surface area contributed by atoms with Crippen LogP contribution in [0.4, 0.5) is 75.0 Å². The Bertz CT molecular complexity index is 1190. The number of aliphatic hydroxyl groups is 2. The maximum Gasteiger partial charge on any atom is 0.462 e. The number of rotatable bonds is 25. The van der Waals surface area contributed by atoms with E-state index in [-0.39, 0.29) is 26.9 Å². The van der Waals surface area contributed by atoms with Gasteiger partial charge in [-0.05, 0) is 13.3 Å². The predicted molar refractivity (Wildman–Crippen MR) is 146 cm³/mol. The molecule has 0 fully saturated rings. The zero-order valence-corrected chi connectivity index (χ0v) is 28.8. The van der Waals surface area contributed by atoms with Crippen LogP contribution in [0.25, 0.3) is 0 Å². The Kier molecular flexibility index (Phi) is 19.2. The van der Waals surface area contributed by atoms with Crippen LogP contribution in [0.2, 0.25) is 0 Å². The Morgan fingerprint density at radius 1 is 0.655 bits per heavy atom. The number of aliphatic hydroxyl groups excluding tert-OH is 2. The summed E-state index contributed by atoms with van der Waals surface area (Å²) in [5.41, 5.74) is 0. The fourth-order valence-electron chi connectivity index (χ4n) is 3.48. The third kappa shape index (κ3) is 16.8. The number of methoxy groups -OCH3 is 1. The van der Waals surface area contributed by atoms with Crippen LogP contribution in [0.5, 0.6) is 0 Å². The van der Waals surface area contributed by atoms with Crippen molar-refractivity contribution in [3.8, 4) is 0 Å². The number of esters is 1. The number of amides is 1. The maximum atomic E-state index is 14.6. The summed E-state index contributed by atoms with van der Waals surface area (Å²) in [6, 6.07) is -1.93. The molecule has 0 spiro atoms. The van der Waals surface area contributed by atoms with Gasteiger partial charge < -0.3 is 39.2 Å². The zero-order valence-electron chi connectivity index (χ0n) is 28.8. The quantitative estimate of drug-likeness (QED) is 0.0798. The van der Waals surface area contributed by atoms with Gasteiger partial charge in [0.05, 0.1) is 51.6 Å². The number of hydrogen-bond donors (Lipinski definition) is 3. The minimum Gasteiger partial charge on any atom is -0.460 e. The molecule has 328 valence electrons. The summed E-state index contributed by atoms with van der Waals surface area (Å²) >= 11 is 0. The van der Waals surface area contributed by atoms with E-state index >= 15 is 0 Å². The molecule has 0 heterocycles.